The number of aromatic nitrogens is 3. The first-order valence-corrected chi connectivity index (χ1v) is 13.4. The zero-order valence-corrected chi connectivity index (χ0v) is 21.7. The Hall–Kier alpha value is -2.77. The number of nitrogens with one attached hydrogen (secondary N) is 2. The summed E-state index contributed by atoms with van der Waals surface area (Å²) in [7, 11) is -3.52. The molecule has 2 heterocycles. The molecular formula is C22H21ClF3N5O3S2. The minimum Gasteiger partial charge on any atom is -0.341 e. The average Bonchev–Trinajstić information content (AvgIpc) is 3.57. The van der Waals surface area contributed by atoms with Crippen molar-refractivity contribution in [1.82, 2.24) is 20.3 Å². The van der Waals surface area contributed by atoms with Crippen LogP contribution in [0.1, 0.15) is 54.0 Å². The lowest BCUT2D eigenvalue weighted by atomic mass is 9.98. The molecule has 1 aromatic carbocycles. The molecule has 1 aliphatic carbocycles. The van der Waals surface area contributed by atoms with E-state index in [2.05, 4.69) is 25.0 Å². The maximum absolute atomic E-state index is 13.1. The number of carbonyl (C=O) groups excluding carboxylic acids is 1. The van der Waals surface area contributed by atoms with E-state index in [1.807, 2.05) is 0 Å². The third kappa shape index (κ3) is 5.62. The van der Waals surface area contributed by atoms with Crippen molar-refractivity contribution < 1.29 is 26.4 Å². The SMILES string of the molecule is Cc1cc(-c2cncc(C(F)(F)F)n2)ccc1C(=O)NC(C)(C)c1nc(NS(=O)(=O)C2CC2)sc1Cl. The summed E-state index contributed by atoms with van der Waals surface area (Å²) in [4.78, 5) is 24.6. The maximum atomic E-state index is 13.1. The van der Waals surface area contributed by atoms with Gasteiger partial charge in [-0.1, -0.05) is 29.0 Å². The minimum atomic E-state index is -4.63. The molecule has 192 valence electrons. The van der Waals surface area contributed by atoms with E-state index in [9.17, 15) is 26.4 Å². The number of amides is 1. The predicted octanol–water partition coefficient (Wildman–Crippen LogP) is 5.15. The van der Waals surface area contributed by atoms with E-state index in [0.717, 1.165) is 11.3 Å². The Balaban J connectivity index is 1.53. The quantitative estimate of drug-likeness (QED) is 0.414. The Bertz CT molecular complexity index is 1440. The molecule has 8 nitrogen and oxygen atoms in total. The molecular weight excluding hydrogens is 539 g/mol. The molecule has 3 aromatic rings. The Morgan fingerprint density at radius 2 is 1.86 bits per heavy atom. The number of alkyl halides is 3. The molecule has 36 heavy (non-hydrogen) atoms. The molecule has 1 aliphatic rings. The summed E-state index contributed by atoms with van der Waals surface area (Å²) in [5.41, 5.74) is -0.696. The van der Waals surface area contributed by atoms with Gasteiger partial charge in [-0.05, 0) is 51.3 Å². The number of rotatable bonds is 7. The van der Waals surface area contributed by atoms with Crippen molar-refractivity contribution in [3.05, 3.63) is 57.4 Å². The van der Waals surface area contributed by atoms with Gasteiger partial charge in [0.05, 0.1) is 34.6 Å². The number of aryl methyl sites for hydroxylation is 1. The largest absolute Gasteiger partial charge is 0.434 e. The third-order valence-corrected chi connectivity index (χ3v) is 8.61. The molecule has 0 unspecified atom stereocenters. The first-order chi connectivity index (χ1) is 16.7. The zero-order chi connectivity index (χ0) is 26.5. The van der Waals surface area contributed by atoms with Crippen molar-refractivity contribution in [3.63, 3.8) is 0 Å². The standard InChI is InChI=1S/C22H21ClF3N5O3S2/c1-11-8-12(15-9-27-10-16(28-15)22(24,25)26)4-7-14(11)19(32)30-21(2,3)17-18(23)35-20(29-17)31-36(33,34)13-5-6-13/h4,7-10,13H,5-6H2,1-3H3,(H,29,31)(H,30,32). The van der Waals surface area contributed by atoms with Crippen LogP contribution in [0.4, 0.5) is 18.3 Å². The second-order valence-electron chi connectivity index (χ2n) is 8.88. The predicted molar refractivity (Wildman–Crippen MR) is 130 cm³/mol. The van der Waals surface area contributed by atoms with E-state index in [1.165, 1.54) is 18.3 Å². The van der Waals surface area contributed by atoms with Crippen LogP contribution in [0.2, 0.25) is 4.34 Å². The molecule has 0 spiro atoms. The van der Waals surface area contributed by atoms with Crippen LogP contribution in [-0.2, 0) is 21.7 Å². The van der Waals surface area contributed by atoms with Gasteiger partial charge in [-0.25, -0.2) is 18.4 Å². The van der Waals surface area contributed by atoms with E-state index in [-0.39, 0.29) is 20.7 Å². The van der Waals surface area contributed by atoms with Gasteiger partial charge in [-0.2, -0.15) is 13.2 Å². The van der Waals surface area contributed by atoms with Gasteiger partial charge in [0, 0.05) is 11.1 Å². The van der Waals surface area contributed by atoms with Crippen LogP contribution in [0.15, 0.2) is 30.6 Å². The Kier molecular flexibility index (Phi) is 6.77. The van der Waals surface area contributed by atoms with E-state index in [1.54, 1.807) is 26.8 Å². The summed E-state index contributed by atoms with van der Waals surface area (Å²) in [5, 5.41) is 2.53. The van der Waals surface area contributed by atoms with Gasteiger partial charge in [0.15, 0.2) is 10.8 Å². The van der Waals surface area contributed by atoms with Gasteiger partial charge < -0.3 is 5.32 Å². The number of anilines is 1. The van der Waals surface area contributed by atoms with Crippen molar-refractivity contribution in [2.45, 2.75) is 50.6 Å². The normalized spacial score (nSPS) is 14.5. The van der Waals surface area contributed by atoms with Gasteiger partial charge in [0.2, 0.25) is 10.0 Å². The second-order valence-corrected chi connectivity index (χ2v) is 12.4. The van der Waals surface area contributed by atoms with Crippen LogP contribution in [0.5, 0.6) is 0 Å². The fourth-order valence-electron chi connectivity index (χ4n) is 3.44. The summed E-state index contributed by atoms with van der Waals surface area (Å²) in [6.07, 6.45) is -1.57. The third-order valence-electron chi connectivity index (χ3n) is 5.49. The Morgan fingerprint density at radius 1 is 1.17 bits per heavy atom. The number of hydrogen-bond acceptors (Lipinski definition) is 7. The number of hydrogen-bond donors (Lipinski definition) is 2. The summed E-state index contributed by atoms with van der Waals surface area (Å²) in [6, 6.07) is 4.52. The first kappa shape index (κ1) is 26.3. The Labute approximate surface area is 214 Å². The van der Waals surface area contributed by atoms with Crippen LogP contribution >= 0.6 is 22.9 Å². The van der Waals surface area contributed by atoms with Gasteiger partial charge in [0.1, 0.15) is 4.34 Å². The molecule has 14 heteroatoms. The van der Waals surface area contributed by atoms with Gasteiger partial charge in [0.25, 0.3) is 5.91 Å². The van der Waals surface area contributed by atoms with Crippen LogP contribution in [0.25, 0.3) is 11.3 Å². The lowest BCUT2D eigenvalue weighted by molar-refractivity contribution is -0.141. The van der Waals surface area contributed by atoms with Crippen molar-refractivity contribution in [1.29, 1.82) is 0 Å². The van der Waals surface area contributed by atoms with Gasteiger partial charge in [-0.15, -0.1) is 0 Å². The molecule has 1 amide bonds. The van der Waals surface area contributed by atoms with Crippen LogP contribution < -0.4 is 10.0 Å². The topological polar surface area (TPSA) is 114 Å². The Morgan fingerprint density at radius 3 is 2.47 bits per heavy atom. The number of benzene rings is 1. The lowest BCUT2D eigenvalue weighted by Crippen LogP contribution is -2.41. The number of nitrogens with zero attached hydrogens (tertiary/aromatic N) is 3. The number of sulfonamides is 1. The van der Waals surface area contributed by atoms with E-state index in [4.69, 9.17) is 11.6 Å². The van der Waals surface area contributed by atoms with Crippen LogP contribution in [0, 0.1) is 6.92 Å². The zero-order valence-electron chi connectivity index (χ0n) is 19.3. The molecule has 0 saturated heterocycles. The molecule has 2 aromatic heterocycles. The number of carbonyl (C=O) groups is 1. The first-order valence-electron chi connectivity index (χ1n) is 10.7. The number of thiazole rings is 1. The highest BCUT2D eigenvalue weighted by atomic mass is 35.5. The van der Waals surface area contributed by atoms with E-state index in [0.29, 0.717) is 35.9 Å². The minimum absolute atomic E-state index is 0.0237. The highest BCUT2D eigenvalue weighted by Gasteiger charge is 2.37. The molecule has 0 bridgehead atoms. The average molecular weight is 560 g/mol. The van der Waals surface area contributed by atoms with E-state index >= 15 is 0 Å². The van der Waals surface area contributed by atoms with Crippen molar-refractivity contribution in [3.8, 4) is 11.3 Å². The fraction of sp³-hybridized carbons (Fsp3) is 0.364. The summed E-state index contributed by atoms with van der Waals surface area (Å²) in [6.45, 7) is 4.99. The monoisotopic (exact) mass is 559 g/mol. The summed E-state index contributed by atoms with van der Waals surface area (Å²) in [5.74, 6) is -0.469. The summed E-state index contributed by atoms with van der Waals surface area (Å²) >= 11 is 7.29. The molecule has 0 aliphatic heterocycles. The molecule has 2 N–H and O–H groups in total. The van der Waals surface area contributed by atoms with Gasteiger partial charge in [-0.3, -0.25) is 14.5 Å². The maximum Gasteiger partial charge on any atom is 0.434 e. The van der Waals surface area contributed by atoms with Crippen molar-refractivity contribution in [2.75, 3.05) is 4.72 Å². The fourth-order valence-corrected chi connectivity index (χ4v) is 6.37. The second kappa shape index (κ2) is 9.27. The molecule has 1 saturated carbocycles. The van der Waals surface area contributed by atoms with Crippen molar-refractivity contribution >= 4 is 44.0 Å². The molecule has 0 atom stereocenters. The van der Waals surface area contributed by atoms with Crippen LogP contribution in [-0.4, -0.2) is 34.5 Å². The van der Waals surface area contributed by atoms with Gasteiger partial charge >= 0.3 is 6.18 Å². The number of halogens is 4. The molecule has 0 radical (unpaired) electrons. The highest BCUT2D eigenvalue weighted by molar-refractivity contribution is 7.93. The molecule has 4 rings (SSSR count). The van der Waals surface area contributed by atoms with E-state index < -0.39 is 38.6 Å². The van der Waals surface area contributed by atoms with Crippen molar-refractivity contribution in [2.24, 2.45) is 0 Å². The summed E-state index contributed by atoms with van der Waals surface area (Å²) < 4.78 is 66.0. The highest BCUT2D eigenvalue weighted by Crippen LogP contribution is 2.37. The van der Waals surface area contributed by atoms with Crippen LogP contribution in [0.3, 0.4) is 0 Å². The lowest BCUT2D eigenvalue weighted by Gasteiger charge is -2.25. The molecule has 1 fully saturated rings. The smallest absolute Gasteiger partial charge is 0.341 e.